The standard InChI is InChI=1S/C26H17NS/c1-2-6-18(7-3-1)19-10-12-20(13-11-19)27-23-9-5-4-8-21(23)26-22-16-17-28-25(22)15-14-24(26)27/h1-17H. The van der Waals surface area contributed by atoms with Crippen LogP contribution in [-0.4, -0.2) is 4.57 Å². The van der Waals surface area contributed by atoms with Crippen molar-refractivity contribution >= 4 is 43.2 Å². The Kier molecular flexibility index (Phi) is 3.40. The molecule has 0 aliphatic carbocycles. The van der Waals surface area contributed by atoms with E-state index in [0.717, 1.165) is 0 Å². The molecule has 0 aliphatic rings. The molecule has 0 atom stereocenters. The van der Waals surface area contributed by atoms with Gasteiger partial charge in [-0.1, -0.05) is 60.7 Å². The fraction of sp³-hybridized carbons (Fsp3) is 0. The van der Waals surface area contributed by atoms with Gasteiger partial charge in [0.15, 0.2) is 0 Å². The Balaban J connectivity index is 1.63. The highest BCUT2D eigenvalue weighted by Gasteiger charge is 2.14. The van der Waals surface area contributed by atoms with E-state index >= 15 is 0 Å². The molecule has 28 heavy (non-hydrogen) atoms. The summed E-state index contributed by atoms with van der Waals surface area (Å²) in [5, 5.41) is 6.19. The molecule has 0 saturated heterocycles. The van der Waals surface area contributed by atoms with Gasteiger partial charge in [0, 0.05) is 26.5 Å². The summed E-state index contributed by atoms with van der Waals surface area (Å²) in [5.74, 6) is 0. The van der Waals surface area contributed by atoms with Gasteiger partial charge in [-0.3, -0.25) is 0 Å². The van der Waals surface area contributed by atoms with Gasteiger partial charge in [0.2, 0.25) is 0 Å². The van der Waals surface area contributed by atoms with Crippen molar-refractivity contribution in [1.29, 1.82) is 0 Å². The van der Waals surface area contributed by atoms with Crippen LogP contribution in [0.1, 0.15) is 0 Å². The number of rotatable bonds is 2. The summed E-state index contributed by atoms with van der Waals surface area (Å²) in [5.41, 5.74) is 6.20. The van der Waals surface area contributed by atoms with Crippen LogP contribution < -0.4 is 0 Å². The lowest BCUT2D eigenvalue weighted by Crippen LogP contribution is -1.93. The maximum Gasteiger partial charge on any atom is 0.0548 e. The summed E-state index contributed by atoms with van der Waals surface area (Å²) >= 11 is 1.81. The number of thiophene rings is 1. The minimum Gasteiger partial charge on any atom is -0.309 e. The topological polar surface area (TPSA) is 4.93 Å². The summed E-state index contributed by atoms with van der Waals surface area (Å²) in [4.78, 5) is 0. The molecule has 6 aromatic rings. The third kappa shape index (κ3) is 2.25. The third-order valence-corrected chi connectivity index (χ3v) is 6.38. The van der Waals surface area contributed by atoms with Gasteiger partial charge >= 0.3 is 0 Å². The Labute approximate surface area is 167 Å². The largest absolute Gasteiger partial charge is 0.309 e. The van der Waals surface area contributed by atoms with Gasteiger partial charge in [-0.05, 0) is 52.9 Å². The van der Waals surface area contributed by atoms with Crippen molar-refractivity contribution in [2.75, 3.05) is 0 Å². The smallest absolute Gasteiger partial charge is 0.0548 e. The van der Waals surface area contributed by atoms with Crippen molar-refractivity contribution in [3.8, 4) is 16.8 Å². The van der Waals surface area contributed by atoms with E-state index in [-0.39, 0.29) is 0 Å². The fourth-order valence-electron chi connectivity index (χ4n) is 4.22. The quantitative estimate of drug-likeness (QED) is 0.293. The molecule has 6 rings (SSSR count). The van der Waals surface area contributed by atoms with Crippen LogP contribution in [0, 0.1) is 0 Å². The monoisotopic (exact) mass is 375 g/mol. The molecule has 0 radical (unpaired) electrons. The zero-order valence-electron chi connectivity index (χ0n) is 15.2. The van der Waals surface area contributed by atoms with Crippen LogP contribution in [0.3, 0.4) is 0 Å². The summed E-state index contributed by atoms with van der Waals surface area (Å²) in [6.45, 7) is 0. The summed E-state index contributed by atoms with van der Waals surface area (Å²) in [6, 6.07) is 34.9. The van der Waals surface area contributed by atoms with E-state index in [0.29, 0.717) is 0 Å². The summed E-state index contributed by atoms with van der Waals surface area (Å²) in [6.07, 6.45) is 0. The second-order valence-electron chi connectivity index (χ2n) is 7.06. The summed E-state index contributed by atoms with van der Waals surface area (Å²) < 4.78 is 3.73. The van der Waals surface area contributed by atoms with Gasteiger partial charge in [0.1, 0.15) is 0 Å². The number of benzene rings is 4. The lowest BCUT2D eigenvalue weighted by atomic mass is 10.1. The van der Waals surface area contributed by atoms with E-state index in [1.54, 1.807) is 11.3 Å². The Hall–Kier alpha value is -3.36. The normalized spacial score (nSPS) is 11.6. The minimum absolute atomic E-state index is 1.19. The Bertz CT molecular complexity index is 1440. The van der Waals surface area contributed by atoms with E-state index < -0.39 is 0 Å². The molecule has 132 valence electrons. The Morgan fingerprint density at radius 3 is 2.14 bits per heavy atom. The maximum absolute atomic E-state index is 2.39. The van der Waals surface area contributed by atoms with Crippen molar-refractivity contribution in [2.24, 2.45) is 0 Å². The summed E-state index contributed by atoms with van der Waals surface area (Å²) in [7, 11) is 0. The highest BCUT2D eigenvalue weighted by Crippen LogP contribution is 2.38. The van der Waals surface area contributed by atoms with E-state index in [1.807, 2.05) is 0 Å². The zero-order valence-corrected chi connectivity index (χ0v) is 16.0. The van der Waals surface area contributed by atoms with Crippen LogP contribution >= 0.6 is 11.3 Å². The van der Waals surface area contributed by atoms with E-state index in [2.05, 4.69) is 107 Å². The first-order valence-corrected chi connectivity index (χ1v) is 10.3. The second-order valence-corrected chi connectivity index (χ2v) is 8.01. The van der Waals surface area contributed by atoms with Crippen LogP contribution in [0.2, 0.25) is 0 Å². The number of hydrogen-bond acceptors (Lipinski definition) is 1. The number of aromatic nitrogens is 1. The van der Waals surface area contributed by atoms with E-state index in [1.165, 1.54) is 48.7 Å². The molecule has 0 saturated carbocycles. The molecule has 0 unspecified atom stereocenters. The van der Waals surface area contributed by atoms with Gasteiger partial charge in [-0.2, -0.15) is 0 Å². The van der Waals surface area contributed by atoms with Gasteiger partial charge in [-0.25, -0.2) is 0 Å². The minimum atomic E-state index is 1.19. The predicted molar refractivity (Wildman–Crippen MR) is 122 cm³/mol. The van der Waals surface area contributed by atoms with Crippen molar-refractivity contribution in [3.05, 3.63) is 102 Å². The number of hydrogen-bond donors (Lipinski definition) is 0. The third-order valence-electron chi connectivity index (χ3n) is 5.50. The highest BCUT2D eigenvalue weighted by atomic mass is 32.1. The van der Waals surface area contributed by atoms with Crippen LogP contribution in [0.4, 0.5) is 0 Å². The first kappa shape index (κ1) is 15.7. The van der Waals surface area contributed by atoms with Crippen LogP contribution in [0.25, 0.3) is 48.7 Å². The van der Waals surface area contributed by atoms with E-state index in [9.17, 15) is 0 Å². The molecular weight excluding hydrogens is 358 g/mol. The molecule has 0 fully saturated rings. The van der Waals surface area contributed by atoms with Crippen LogP contribution in [-0.2, 0) is 0 Å². The van der Waals surface area contributed by atoms with E-state index in [4.69, 9.17) is 0 Å². The van der Waals surface area contributed by atoms with Crippen molar-refractivity contribution in [2.45, 2.75) is 0 Å². The number of fused-ring (bicyclic) bond motifs is 5. The first-order chi connectivity index (χ1) is 13.9. The molecule has 0 spiro atoms. The molecule has 4 aromatic carbocycles. The molecule has 2 aromatic heterocycles. The van der Waals surface area contributed by atoms with Crippen molar-refractivity contribution in [1.82, 2.24) is 4.57 Å². The molecule has 0 N–H and O–H groups in total. The fourth-order valence-corrected chi connectivity index (χ4v) is 5.02. The van der Waals surface area contributed by atoms with Crippen LogP contribution in [0.15, 0.2) is 102 Å². The van der Waals surface area contributed by atoms with Crippen LogP contribution in [0.5, 0.6) is 0 Å². The molecule has 2 heterocycles. The van der Waals surface area contributed by atoms with Gasteiger partial charge in [0.25, 0.3) is 0 Å². The Morgan fingerprint density at radius 2 is 1.29 bits per heavy atom. The van der Waals surface area contributed by atoms with Gasteiger partial charge < -0.3 is 4.57 Å². The molecule has 0 aliphatic heterocycles. The second kappa shape index (κ2) is 6.08. The SMILES string of the molecule is c1ccc(-c2ccc(-n3c4ccccc4c4c5ccsc5ccc43)cc2)cc1. The average Bonchev–Trinajstić information content (AvgIpc) is 3.36. The highest BCUT2D eigenvalue weighted by molar-refractivity contribution is 7.17. The lowest BCUT2D eigenvalue weighted by molar-refractivity contribution is 1.18. The van der Waals surface area contributed by atoms with Gasteiger partial charge in [-0.15, -0.1) is 11.3 Å². The first-order valence-electron chi connectivity index (χ1n) is 9.45. The van der Waals surface area contributed by atoms with Crippen molar-refractivity contribution in [3.63, 3.8) is 0 Å². The molecule has 2 heteroatoms. The van der Waals surface area contributed by atoms with Gasteiger partial charge in [0.05, 0.1) is 11.0 Å². The number of para-hydroxylation sites is 1. The zero-order chi connectivity index (χ0) is 18.5. The molecule has 1 nitrogen and oxygen atoms in total. The molecule has 0 amide bonds. The Morgan fingerprint density at radius 1 is 0.536 bits per heavy atom. The maximum atomic E-state index is 2.39. The number of nitrogens with zero attached hydrogens (tertiary/aromatic N) is 1. The van der Waals surface area contributed by atoms with Crippen molar-refractivity contribution < 1.29 is 0 Å². The lowest BCUT2D eigenvalue weighted by Gasteiger charge is -2.09. The average molecular weight is 375 g/mol. The molecule has 0 bridgehead atoms. The molecular formula is C26H17NS. The predicted octanol–water partition coefficient (Wildman–Crippen LogP) is 7.67.